The maximum Gasteiger partial charge on any atom is 0.154 e. The summed E-state index contributed by atoms with van der Waals surface area (Å²) < 4.78 is 0.561. The van der Waals surface area contributed by atoms with Gasteiger partial charge in [-0.25, -0.2) is 4.98 Å². The Morgan fingerprint density at radius 3 is 2.64 bits per heavy atom. The van der Waals surface area contributed by atoms with Crippen LogP contribution < -0.4 is 0 Å². The number of hydrogen-bond donors (Lipinski definition) is 0. The normalized spacial score (nSPS) is 9.73. The number of carbonyl (C=O) groups is 1. The largest absolute Gasteiger partial charge is 0.298 e. The Morgan fingerprint density at radius 2 is 2.18 bits per heavy atom. The molecule has 5 heteroatoms. The quantitative estimate of drug-likeness (QED) is 0.570. The molecule has 0 radical (unpaired) electrons. The van der Waals surface area contributed by atoms with E-state index in [4.69, 9.17) is 23.2 Å². The number of carbonyl (C=O) groups excluding carboxylic acids is 1. The van der Waals surface area contributed by atoms with Gasteiger partial charge < -0.3 is 0 Å². The van der Waals surface area contributed by atoms with Crippen LogP contribution in [0.25, 0.3) is 0 Å². The third-order valence-corrected chi connectivity index (χ3v) is 2.62. The lowest BCUT2D eigenvalue weighted by Crippen LogP contribution is -1.88. The van der Waals surface area contributed by atoms with Gasteiger partial charge in [0.15, 0.2) is 6.29 Å². The SMILES string of the molecule is O=Cc1c(Cl)ncc(Br)c1Cl. The third kappa shape index (κ3) is 1.72. The van der Waals surface area contributed by atoms with Crippen LogP contribution in [0.4, 0.5) is 0 Å². The molecule has 0 atom stereocenters. The second-order valence-electron chi connectivity index (χ2n) is 1.74. The molecule has 0 aliphatic carbocycles. The van der Waals surface area contributed by atoms with Crippen molar-refractivity contribution in [2.24, 2.45) is 0 Å². The maximum atomic E-state index is 10.4. The molecule has 0 unspecified atom stereocenters. The fourth-order valence-corrected chi connectivity index (χ4v) is 1.29. The molecule has 0 saturated carbocycles. The average Bonchev–Trinajstić information content (AvgIpc) is 1.99. The Bertz CT molecular complexity index is 303. The molecular weight excluding hydrogens is 253 g/mol. The zero-order valence-corrected chi connectivity index (χ0v) is 8.24. The number of rotatable bonds is 1. The minimum absolute atomic E-state index is 0.119. The van der Waals surface area contributed by atoms with E-state index in [1.807, 2.05) is 0 Å². The number of aldehydes is 1. The molecule has 1 heterocycles. The standard InChI is InChI=1S/C6H2BrCl2NO/c7-4-1-10-6(9)3(2-11)5(4)8/h1-2H. The predicted molar refractivity (Wildman–Crippen MR) is 47.3 cm³/mol. The van der Waals surface area contributed by atoms with Crippen molar-refractivity contribution in [3.8, 4) is 0 Å². The number of halogens is 3. The first-order valence-corrected chi connectivity index (χ1v) is 4.16. The Balaban J connectivity index is 3.40. The second kappa shape index (κ2) is 3.52. The van der Waals surface area contributed by atoms with Crippen LogP contribution in [0.3, 0.4) is 0 Å². The van der Waals surface area contributed by atoms with Crippen molar-refractivity contribution in [3.05, 3.63) is 26.4 Å². The summed E-state index contributed by atoms with van der Waals surface area (Å²) in [5, 5.41) is 0.410. The van der Waals surface area contributed by atoms with Gasteiger partial charge in [-0.3, -0.25) is 4.79 Å². The lowest BCUT2D eigenvalue weighted by molar-refractivity contribution is 0.112. The minimum atomic E-state index is 0.119. The van der Waals surface area contributed by atoms with E-state index in [1.54, 1.807) is 0 Å². The molecular formula is C6H2BrCl2NO. The Hall–Kier alpha value is -0.120. The lowest BCUT2D eigenvalue weighted by atomic mass is 10.3. The summed E-state index contributed by atoms with van der Waals surface area (Å²) in [6, 6.07) is 0. The zero-order chi connectivity index (χ0) is 8.43. The van der Waals surface area contributed by atoms with Gasteiger partial charge in [-0.2, -0.15) is 0 Å². The van der Waals surface area contributed by atoms with Crippen molar-refractivity contribution in [2.75, 3.05) is 0 Å². The van der Waals surface area contributed by atoms with E-state index in [0.717, 1.165) is 0 Å². The molecule has 1 rings (SSSR count). The van der Waals surface area contributed by atoms with Gasteiger partial charge >= 0.3 is 0 Å². The van der Waals surface area contributed by atoms with E-state index >= 15 is 0 Å². The van der Waals surface area contributed by atoms with Crippen LogP contribution in [0.15, 0.2) is 10.7 Å². The number of nitrogens with zero attached hydrogens (tertiary/aromatic N) is 1. The number of pyridine rings is 1. The van der Waals surface area contributed by atoms with Crippen molar-refractivity contribution in [1.82, 2.24) is 4.98 Å². The number of hydrogen-bond acceptors (Lipinski definition) is 2. The topological polar surface area (TPSA) is 30.0 Å². The van der Waals surface area contributed by atoms with Gasteiger partial charge in [0.25, 0.3) is 0 Å². The molecule has 1 aromatic rings. The fourth-order valence-electron chi connectivity index (χ4n) is 0.559. The highest BCUT2D eigenvalue weighted by Gasteiger charge is 2.08. The van der Waals surface area contributed by atoms with Gasteiger partial charge in [0, 0.05) is 6.20 Å². The molecule has 0 saturated heterocycles. The average molecular weight is 255 g/mol. The molecule has 0 N–H and O–H groups in total. The Labute approximate surface area is 81.7 Å². The van der Waals surface area contributed by atoms with Crippen LogP contribution in [0.2, 0.25) is 10.2 Å². The maximum absolute atomic E-state index is 10.4. The fraction of sp³-hybridized carbons (Fsp3) is 0. The molecule has 0 amide bonds. The van der Waals surface area contributed by atoms with E-state index in [9.17, 15) is 4.79 Å². The monoisotopic (exact) mass is 253 g/mol. The van der Waals surface area contributed by atoms with Gasteiger partial charge in [0.1, 0.15) is 5.15 Å². The molecule has 0 spiro atoms. The summed E-state index contributed by atoms with van der Waals surface area (Å²) in [4.78, 5) is 14.1. The van der Waals surface area contributed by atoms with Crippen molar-refractivity contribution < 1.29 is 4.79 Å². The molecule has 2 nitrogen and oxygen atoms in total. The van der Waals surface area contributed by atoms with E-state index in [2.05, 4.69) is 20.9 Å². The van der Waals surface area contributed by atoms with Crippen LogP contribution in [-0.2, 0) is 0 Å². The van der Waals surface area contributed by atoms with Crippen LogP contribution in [0.5, 0.6) is 0 Å². The smallest absolute Gasteiger partial charge is 0.154 e. The summed E-state index contributed by atoms with van der Waals surface area (Å²) in [6.07, 6.45) is 2.01. The van der Waals surface area contributed by atoms with Crippen molar-refractivity contribution in [1.29, 1.82) is 0 Å². The highest BCUT2D eigenvalue weighted by Crippen LogP contribution is 2.27. The highest BCUT2D eigenvalue weighted by atomic mass is 79.9. The van der Waals surface area contributed by atoms with Gasteiger partial charge in [-0.1, -0.05) is 23.2 Å². The van der Waals surface area contributed by atoms with Gasteiger partial charge in [-0.05, 0) is 15.9 Å². The van der Waals surface area contributed by atoms with Crippen LogP contribution in [-0.4, -0.2) is 11.3 Å². The molecule has 0 aliphatic rings. The lowest BCUT2D eigenvalue weighted by Gasteiger charge is -1.99. The molecule has 0 bridgehead atoms. The highest BCUT2D eigenvalue weighted by molar-refractivity contribution is 9.10. The van der Waals surface area contributed by atoms with Gasteiger partial charge in [0.2, 0.25) is 0 Å². The number of aromatic nitrogens is 1. The van der Waals surface area contributed by atoms with Crippen molar-refractivity contribution in [2.45, 2.75) is 0 Å². The van der Waals surface area contributed by atoms with E-state index in [1.165, 1.54) is 6.20 Å². The Kier molecular flexibility index (Phi) is 2.87. The zero-order valence-electron chi connectivity index (χ0n) is 5.14. The summed E-state index contributed by atoms with van der Waals surface area (Å²) >= 11 is 14.4. The third-order valence-electron chi connectivity index (χ3n) is 1.08. The summed E-state index contributed by atoms with van der Waals surface area (Å²) in [5.41, 5.74) is 0.211. The molecule has 58 valence electrons. The van der Waals surface area contributed by atoms with Gasteiger partial charge in [-0.15, -0.1) is 0 Å². The predicted octanol–water partition coefficient (Wildman–Crippen LogP) is 2.96. The Morgan fingerprint density at radius 1 is 1.55 bits per heavy atom. The first-order chi connectivity index (χ1) is 5.16. The minimum Gasteiger partial charge on any atom is -0.298 e. The van der Waals surface area contributed by atoms with Gasteiger partial charge in [0.05, 0.1) is 15.1 Å². The molecule has 0 aliphatic heterocycles. The van der Waals surface area contributed by atoms with Crippen LogP contribution >= 0.6 is 39.1 Å². The second-order valence-corrected chi connectivity index (χ2v) is 3.33. The summed E-state index contributed by atoms with van der Waals surface area (Å²) in [7, 11) is 0. The molecule has 1 aromatic heterocycles. The van der Waals surface area contributed by atoms with Crippen LogP contribution in [0, 0.1) is 0 Å². The summed E-state index contributed by atoms with van der Waals surface area (Å²) in [5.74, 6) is 0. The molecule has 0 aromatic carbocycles. The van der Waals surface area contributed by atoms with E-state index in [-0.39, 0.29) is 10.7 Å². The van der Waals surface area contributed by atoms with E-state index < -0.39 is 0 Å². The van der Waals surface area contributed by atoms with E-state index in [0.29, 0.717) is 15.8 Å². The van der Waals surface area contributed by atoms with Crippen molar-refractivity contribution >= 4 is 45.4 Å². The van der Waals surface area contributed by atoms with Crippen LogP contribution in [0.1, 0.15) is 10.4 Å². The molecule has 0 fully saturated rings. The van der Waals surface area contributed by atoms with Crippen molar-refractivity contribution in [3.63, 3.8) is 0 Å². The molecule has 11 heavy (non-hydrogen) atoms. The summed E-state index contributed by atoms with van der Waals surface area (Å²) in [6.45, 7) is 0. The first-order valence-electron chi connectivity index (χ1n) is 2.61. The first kappa shape index (κ1) is 8.97.